The second kappa shape index (κ2) is 6.02. The summed E-state index contributed by atoms with van der Waals surface area (Å²) in [5, 5.41) is 9.87. The van der Waals surface area contributed by atoms with Crippen LogP contribution in [-0.2, 0) is 5.75 Å². The van der Waals surface area contributed by atoms with Gasteiger partial charge < -0.3 is 14.8 Å². The molecular formula is C14H12N4O3S. The van der Waals surface area contributed by atoms with Gasteiger partial charge in [0.1, 0.15) is 28.2 Å². The average molecular weight is 316 g/mol. The number of carboxylic acid groups (broad SMARTS) is 1. The highest BCUT2D eigenvalue weighted by Crippen LogP contribution is 2.28. The molecule has 2 N–H and O–H groups in total. The predicted molar refractivity (Wildman–Crippen MR) is 81.2 cm³/mol. The number of carboxylic acids is 1. The van der Waals surface area contributed by atoms with E-state index < -0.39 is 5.97 Å². The zero-order chi connectivity index (χ0) is 15.5. The smallest absolute Gasteiger partial charge is 0.339 e. The van der Waals surface area contributed by atoms with Gasteiger partial charge in [-0.2, -0.15) is 0 Å². The Balaban J connectivity index is 1.82. The highest BCUT2D eigenvalue weighted by Gasteiger charge is 2.12. The number of aromatic nitrogens is 4. The summed E-state index contributed by atoms with van der Waals surface area (Å²) in [5.41, 5.74) is 2.50. The number of hydrogen-bond acceptors (Lipinski definition) is 6. The van der Waals surface area contributed by atoms with Crippen molar-refractivity contribution < 1.29 is 14.6 Å². The van der Waals surface area contributed by atoms with E-state index in [2.05, 4.69) is 19.9 Å². The number of imidazole rings is 1. The van der Waals surface area contributed by atoms with Gasteiger partial charge >= 0.3 is 5.97 Å². The van der Waals surface area contributed by atoms with Crippen LogP contribution in [0.3, 0.4) is 0 Å². The van der Waals surface area contributed by atoms with Crippen LogP contribution in [0.25, 0.3) is 11.2 Å². The molecule has 1 aromatic carbocycles. The summed E-state index contributed by atoms with van der Waals surface area (Å²) in [6, 6.07) is 5.04. The fourth-order valence-corrected chi connectivity index (χ4v) is 2.91. The third-order valence-electron chi connectivity index (χ3n) is 3.06. The third-order valence-corrected chi connectivity index (χ3v) is 4.12. The molecule has 2 heterocycles. The number of benzene rings is 1. The van der Waals surface area contributed by atoms with Crippen molar-refractivity contribution in [1.29, 1.82) is 0 Å². The van der Waals surface area contributed by atoms with Gasteiger partial charge in [-0.25, -0.2) is 19.7 Å². The Bertz CT molecular complexity index is 834. The summed E-state index contributed by atoms with van der Waals surface area (Å²) in [6.45, 7) is 0. The molecule has 7 nitrogen and oxygen atoms in total. The topological polar surface area (TPSA) is 101 Å². The van der Waals surface area contributed by atoms with E-state index in [1.807, 2.05) is 0 Å². The molecule has 22 heavy (non-hydrogen) atoms. The second-order valence-electron chi connectivity index (χ2n) is 4.41. The molecular weight excluding hydrogens is 304 g/mol. The molecule has 0 radical (unpaired) electrons. The fourth-order valence-electron chi connectivity index (χ4n) is 2.01. The largest absolute Gasteiger partial charge is 0.496 e. The SMILES string of the molecule is COc1cc(CSc2ncnc3nc[nH]c23)ccc1C(=O)O. The van der Waals surface area contributed by atoms with Crippen molar-refractivity contribution in [3.05, 3.63) is 42.0 Å². The summed E-state index contributed by atoms with van der Waals surface area (Å²) in [5.74, 6) is -0.0347. The maximum absolute atomic E-state index is 11.1. The summed E-state index contributed by atoms with van der Waals surface area (Å²) in [7, 11) is 1.46. The van der Waals surface area contributed by atoms with E-state index in [0.29, 0.717) is 17.1 Å². The van der Waals surface area contributed by atoms with E-state index in [1.54, 1.807) is 24.5 Å². The molecule has 0 aliphatic heterocycles. The number of H-pyrrole nitrogens is 1. The second-order valence-corrected chi connectivity index (χ2v) is 5.37. The minimum absolute atomic E-state index is 0.147. The van der Waals surface area contributed by atoms with Crippen LogP contribution in [0.15, 0.2) is 35.9 Å². The van der Waals surface area contributed by atoms with Gasteiger partial charge in [0.15, 0.2) is 5.65 Å². The van der Waals surface area contributed by atoms with Gasteiger partial charge in [0.05, 0.1) is 13.4 Å². The van der Waals surface area contributed by atoms with Crippen LogP contribution in [0.5, 0.6) is 5.75 Å². The molecule has 8 heteroatoms. The van der Waals surface area contributed by atoms with E-state index >= 15 is 0 Å². The van der Waals surface area contributed by atoms with Gasteiger partial charge in [0, 0.05) is 5.75 Å². The first-order valence-corrected chi connectivity index (χ1v) is 7.34. The number of thioether (sulfide) groups is 1. The highest BCUT2D eigenvalue weighted by atomic mass is 32.2. The molecule has 3 aromatic rings. The summed E-state index contributed by atoms with van der Waals surface area (Å²) in [4.78, 5) is 26.5. The number of fused-ring (bicyclic) bond motifs is 1. The highest BCUT2D eigenvalue weighted by molar-refractivity contribution is 7.98. The fraction of sp³-hybridized carbons (Fsp3) is 0.143. The lowest BCUT2D eigenvalue weighted by Gasteiger charge is -2.07. The first-order chi connectivity index (χ1) is 10.7. The molecule has 2 aromatic heterocycles. The van der Waals surface area contributed by atoms with Crippen molar-refractivity contribution in [3.8, 4) is 5.75 Å². The molecule has 0 amide bonds. The van der Waals surface area contributed by atoms with E-state index in [1.165, 1.54) is 25.2 Å². The van der Waals surface area contributed by atoms with Gasteiger partial charge in [-0.15, -0.1) is 0 Å². The van der Waals surface area contributed by atoms with Crippen molar-refractivity contribution in [1.82, 2.24) is 19.9 Å². The number of aromatic amines is 1. The van der Waals surface area contributed by atoms with Crippen LogP contribution in [-0.4, -0.2) is 38.1 Å². The summed E-state index contributed by atoms with van der Waals surface area (Å²) in [6.07, 6.45) is 3.05. The normalized spacial score (nSPS) is 10.8. The Morgan fingerprint density at radius 3 is 3.00 bits per heavy atom. The van der Waals surface area contributed by atoms with Crippen LogP contribution in [0.4, 0.5) is 0 Å². The van der Waals surface area contributed by atoms with Crippen LogP contribution in [0.2, 0.25) is 0 Å². The Labute approximate surface area is 129 Å². The van der Waals surface area contributed by atoms with E-state index in [0.717, 1.165) is 16.1 Å². The predicted octanol–water partition coefficient (Wildman–Crippen LogP) is 2.35. The molecule has 0 aliphatic carbocycles. The molecule has 0 bridgehead atoms. The first-order valence-electron chi connectivity index (χ1n) is 6.36. The molecule has 112 valence electrons. The zero-order valence-corrected chi connectivity index (χ0v) is 12.4. The molecule has 0 aliphatic rings. The lowest BCUT2D eigenvalue weighted by Crippen LogP contribution is -2.01. The molecule has 0 fully saturated rings. The Hall–Kier alpha value is -2.61. The first kappa shape index (κ1) is 14.3. The number of ether oxygens (including phenoxy) is 1. The molecule has 0 saturated heterocycles. The minimum atomic E-state index is -1.01. The van der Waals surface area contributed by atoms with Crippen molar-refractivity contribution in [2.45, 2.75) is 10.8 Å². The zero-order valence-electron chi connectivity index (χ0n) is 11.6. The molecule has 0 atom stereocenters. The van der Waals surface area contributed by atoms with Gasteiger partial charge in [0.2, 0.25) is 0 Å². The molecule has 0 spiro atoms. The Morgan fingerprint density at radius 2 is 2.23 bits per heavy atom. The molecule has 3 rings (SSSR count). The van der Waals surface area contributed by atoms with Crippen LogP contribution >= 0.6 is 11.8 Å². The van der Waals surface area contributed by atoms with E-state index in [-0.39, 0.29) is 5.56 Å². The number of nitrogens with one attached hydrogen (secondary N) is 1. The van der Waals surface area contributed by atoms with Crippen molar-refractivity contribution >= 4 is 28.9 Å². The summed E-state index contributed by atoms with van der Waals surface area (Å²) >= 11 is 1.52. The van der Waals surface area contributed by atoms with Gasteiger partial charge in [-0.3, -0.25) is 0 Å². The lowest BCUT2D eigenvalue weighted by molar-refractivity contribution is 0.0693. The van der Waals surface area contributed by atoms with Gasteiger partial charge in [-0.05, 0) is 17.7 Å². The monoisotopic (exact) mass is 316 g/mol. The number of aromatic carboxylic acids is 1. The van der Waals surface area contributed by atoms with Crippen molar-refractivity contribution in [3.63, 3.8) is 0 Å². The standard InChI is InChI=1S/C14H12N4O3S/c1-21-10-4-8(2-3-9(10)14(19)20)5-22-13-11-12(16-6-15-11)17-7-18-13/h2-4,6-7H,5H2,1H3,(H,19,20)(H,15,16,17,18). The molecule has 0 saturated carbocycles. The third kappa shape index (κ3) is 2.73. The molecule has 0 unspecified atom stereocenters. The minimum Gasteiger partial charge on any atom is -0.496 e. The Kier molecular flexibility index (Phi) is 3.92. The van der Waals surface area contributed by atoms with Crippen molar-refractivity contribution in [2.24, 2.45) is 0 Å². The number of rotatable bonds is 5. The van der Waals surface area contributed by atoms with Crippen LogP contribution < -0.4 is 4.74 Å². The summed E-state index contributed by atoms with van der Waals surface area (Å²) < 4.78 is 5.13. The number of methoxy groups -OCH3 is 1. The number of nitrogens with zero attached hydrogens (tertiary/aromatic N) is 3. The van der Waals surface area contributed by atoms with E-state index in [4.69, 9.17) is 9.84 Å². The number of hydrogen-bond donors (Lipinski definition) is 2. The lowest BCUT2D eigenvalue weighted by atomic mass is 10.1. The van der Waals surface area contributed by atoms with E-state index in [9.17, 15) is 4.79 Å². The quantitative estimate of drug-likeness (QED) is 0.550. The number of carbonyl (C=O) groups is 1. The van der Waals surface area contributed by atoms with Crippen LogP contribution in [0.1, 0.15) is 15.9 Å². The van der Waals surface area contributed by atoms with Crippen molar-refractivity contribution in [2.75, 3.05) is 7.11 Å². The Morgan fingerprint density at radius 1 is 1.36 bits per heavy atom. The maximum atomic E-state index is 11.1. The average Bonchev–Trinajstić information content (AvgIpc) is 3.01. The van der Waals surface area contributed by atoms with Crippen LogP contribution in [0, 0.1) is 0 Å². The maximum Gasteiger partial charge on any atom is 0.339 e. The van der Waals surface area contributed by atoms with Gasteiger partial charge in [0.25, 0.3) is 0 Å². The van der Waals surface area contributed by atoms with Gasteiger partial charge in [-0.1, -0.05) is 17.8 Å².